The van der Waals surface area contributed by atoms with Crippen LogP contribution in [0.15, 0.2) is 0 Å². The number of carbonyl (C=O) groups excluding carboxylic acids is 1. The molecule has 5 heteroatoms. The lowest BCUT2D eigenvalue weighted by Crippen LogP contribution is -2.45. The molecule has 0 bridgehead atoms. The Morgan fingerprint density at radius 3 is 2.44 bits per heavy atom. The van der Waals surface area contributed by atoms with Gasteiger partial charge in [0.25, 0.3) is 0 Å². The van der Waals surface area contributed by atoms with Crippen molar-refractivity contribution in [1.29, 1.82) is 0 Å². The molecule has 1 atom stereocenters. The second kappa shape index (κ2) is 6.38. The Bertz CT molecular complexity index is 268. The SMILES string of the molecule is CC(C)(C)OC(=O)N1CCC([C@H](N)CCO)CC1. The minimum atomic E-state index is -0.443. The van der Waals surface area contributed by atoms with Crippen LogP contribution in [-0.4, -0.2) is 47.4 Å². The van der Waals surface area contributed by atoms with Gasteiger partial charge in [0.15, 0.2) is 0 Å². The number of nitrogens with two attached hydrogens (primary N) is 1. The molecule has 1 rings (SSSR count). The van der Waals surface area contributed by atoms with E-state index in [2.05, 4.69) is 0 Å². The molecular formula is C13H26N2O3. The van der Waals surface area contributed by atoms with Gasteiger partial charge in [-0.05, 0) is 46.0 Å². The largest absolute Gasteiger partial charge is 0.444 e. The first kappa shape index (κ1) is 15.2. The molecule has 1 fully saturated rings. The first-order valence-electron chi connectivity index (χ1n) is 6.68. The van der Waals surface area contributed by atoms with Crippen molar-refractivity contribution in [2.24, 2.45) is 11.7 Å². The predicted molar refractivity (Wildman–Crippen MR) is 70.2 cm³/mol. The molecule has 0 radical (unpaired) electrons. The minimum absolute atomic E-state index is 0.0378. The summed E-state index contributed by atoms with van der Waals surface area (Å²) >= 11 is 0. The van der Waals surface area contributed by atoms with E-state index in [0.29, 0.717) is 25.4 Å². The van der Waals surface area contributed by atoms with E-state index in [1.165, 1.54) is 0 Å². The third-order valence-corrected chi connectivity index (χ3v) is 3.26. The predicted octanol–water partition coefficient (Wildman–Crippen LogP) is 1.34. The summed E-state index contributed by atoms with van der Waals surface area (Å²) in [6.45, 7) is 7.13. The number of likely N-dealkylation sites (tertiary alicyclic amines) is 1. The number of carbonyl (C=O) groups is 1. The van der Waals surface area contributed by atoms with Gasteiger partial charge in [-0.1, -0.05) is 0 Å². The summed E-state index contributed by atoms with van der Waals surface area (Å²) in [6.07, 6.45) is 2.18. The fourth-order valence-corrected chi connectivity index (χ4v) is 2.22. The highest BCUT2D eigenvalue weighted by molar-refractivity contribution is 5.68. The molecule has 0 aromatic rings. The van der Waals surface area contributed by atoms with Gasteiger partial charge in [0.2, 0.25) is 0 Å². The van der Waals surface area contributed by atoms with Crippen molar-refractivity contribution in [2.45, 2.75) is 51.7 Å². The van der Waals surface area contributed by atoms with Crippen molar-refractivity contribution in [2.75, 3.05) is 19.7 Å². The quantitative estimate of drug-likeness (QED) is 0.801. The second-order valence-corrected chi connectivity index (χ2v) is 5.98. The second-order valence-electron chi connectivity index (χ2n) is 5.98. The van der Waals surface area contributed by atoms with E-state index < -0.39 is 5.60 Å². The lowest BCUT2D eigenvalue weighted by atomic mass is 9.88. The fourth-order valence-electron chi connectivity index (χ4n) is 2.22. The molecular weight excluding hydrogens is 232 g/mol. The van der Waals surface area contributed by atoms with Crippen molar-refractivity contribution in [3.63, 3.8) is 0 Å². The van der Waals surface area contributed by atoms with Crippen LogP contribution < -0.4 is 5.73 Å². The van der Waals surface area contributed by atoms with Gasteiger partial charge in [0.05, 0.1) is 0 Å². The van der Waals surface area contributed by atoms with Gasteiger partial charge in [-0.3, -0.25) is 0 Å². The highest BCUT2D eigenvalue weighted by atomic mass is 16.6. The number of aliphatic hydroxyl groups is 1. The van der Waals surface area contributed by atoms with Gasteiger partial charge in [-0.2, -0.15) is 0 Å². The third-order valence-electron chi connectivity index (χ3n) is 3.26. The number of nitrogens with zero attached hydrogens (tertiary/aromatic N) is 1. The van der Waals surface area contributed by atoms with Crippen molar-refractivity contribution in [1.82, 2.24) is 4.90 Å². The van der Waals surface area contributed by atoms with Crippen LogP contribution in [0.1, 0.15) is 40.0 Å². The van der Waals surface area contributed by atoms with Crippen molar-refractivity contribution in [3.05, 3.63) is 0 Å². The highest BCUT2D eigenvalue weighted by Gasteiger charge is 2.28. The van der Waals surface area contributed by atoms with Gasteiger partial charge >= 0.3 is 6.09 Å². The van der Waals surface area contributed by atoms with Crippen LogP contribution in [-0.2, 0) is 4.74 Å². The zero-order valence-corrected chi connectivity index (χ0v) is 11.7. The molecule has 5 nitrogen and oxygen atoms in total. The number of amides is 1. The maximum Gasteiger partial charge on any atom is 0.410 e. The highest BCUT2D eigenvalue weighted by Crippen LogP contribution is 2.22. The molecule has 0 saturated carbocycles. The van der Waals surface area contributed by atoms with Crippen LogP contribution >= 0.6 is 0 Å². The minimum Gasteiger partial charge on any atom is -0.444 e. The average molecular weight is 258 g/mol. The van der Waals surface area contributed by atoms with E-state index in [1.54, 1.807) is 4.90 Å². The van der Waals surface area contributed by atoms with Crippen LogP contribution in [0.2, 0.25) is 0 Å². The Hall–Kier alpha value is -0.810. The van der Waals surface area contributed by atoms with Crippen molar-refractivity contribution in [3.8, 4) is 0 Å². The maximum atomic E-state index is 11.8. The number of aliphatic hydroxyl groups excluding tert-OH is 1. The lowest BCUT2D eigenvalue weighted by Gasteiger charge is -2.35. The number of rotatable bonds is 3. The van der Waals surface area contributed by atoms with Crippen LogP contribution in [0.25, 0.3) is 0 Å². The Morgan fingerprint density at radius 1 is 1.44 bits per heavy atom. The molecule has 1 saturated heterocycles. The Morgan fingerprint density at radius 2 is 2.00 bits per heavy atom. The van der Waals surface area contributed by atoms with E-state index >= 15 is 0 Å². The number of hydrogen-bond donors (Lipinski definition) is 2. The monoisotopic (exact) mass is 258 g/mol. The molecule has 1 aliphatic rings. The van der Waals surface area contributed by atoms with Crippen LogP contribution in [0.3, 0.4) is 0 Å². The summed E-state index contributed by atoms with van der Waals surface area (Å²) in [6, 6.07) is 0.0378. The summed E-state index contributed by atoms with van der Waals surface area (Å²) in [5.74, 6) is 0.399. The molecule has 3 N–H and O–H groups in total. The van der Waals surface area contributed by atoms with Crippen LogP contribution in [0, 0.1) is 5.92 Å². The first-order valence-corrected chi connectivity index (χ1v) is 6.68. The topological polar surface area (TPSA) is 75.8 Å². The van der Waals surface area contributed by atoms with E-state index in [4.69, 9.17) is 15.6 Å². The van der Waals surface area contributed by atoms with Gasteiger partial charge < -0.3 is 20.5 Å². The van der Waals surface area contributed by atoms with E-state index in [1.807, 2.05) is 20.8 Å². The molecule has 1 heterocycles. The van der Waals surface area contributed by atoms with Crippen molar-refractivity contribution >= 4 is 6.09 Å². The summed E-state index contributed by atoms with van der Waals surface area (Å²) < 4.78 is 5.34. The molecule has 0 spiro atoms. The molecule has 0 aliphatic carbocycles. The average Bonchev–Trinajstić information content (AvgIpc) is 2.27. The molecule has 0 unspecified atom stereocenters. The smallest absolute Gasteiger partial charge is 0.410 e. The molecule has 106 valence electrons. The zero-order valence-electron chi connectivity index (χ0n) is 11.7. The van der Waals surface area contributed by atoms with Crippen LogP contribution in [0.4, 0.5) is 4.79 Å². The lowest BCUT2D eigenvalue weighted by molar-refractivity contribution is 0.0171. The number of piperidine rings is 1. The Balaban J connectivity index is 2.37. The maximum absolute atomic E-state index is 11.8. The van der Waals surface area contributed by atoms with Gasteiger partial charge in [-0.15, -0.1) is 0 Å². The van der Waals surface area contributed by atoms with Gasteiger partial charge in [0.1, 0.15) is 5.60 Å². The Kier molecular flexibility index (Phi) is 5.41. The third kappa shape index (κ3) is 4.82. The van der Waals surface area contributed by atoms with E-state index in [0.717, 1.165) is 12.8 Å². The summed E-state index contributed by atoms with van der Waals surface area (Å²) in [4.78, 5) is 13.6. The normalized spacial score (nSPS) is 19.7. The summed E-state index contributed by atoms with van der Waals surface area (Å²) in [5.41, 5.74) is 5.54. The van der Waals surface area contributed by atoms with Gasteiger partial charge in [-0.25, -0.2) is 4.79 Å². The van der Waals surface area contributed by atoms with Crippen molar-refractivity contribution < 1.29 is 14.6 Å². The molecule has 1 aliphatic heterocycles. The summed E-state index contributed by atoms with van der Waals surface area (Å²) in [5, 5.41) is 8.87. The first-order chi connectivity index (χ1) is 8.33. The number of ether oxygens (including phenoxy) is 1. The molecule has 0 aromatic heterocycles. The number of hydrogen-bond acceptors (Lipinski definition) is 4. The van der Waals surface area contributed by atoms with Gasteiger partial charge in [0, 0.05) is 25.7 Å². The molecule has 18 heavy (non-hydrogen) atoms. The molecule has 1 amide bonds. The fraction of sp³-hybridized carbons (Fsp3) is 0.923. The zero-order chi connectivity index (χ0) is 13.8. The standard InChI is InChI=1S/C13H26N2O3/c1-13(2,3)18-12(17)15-7-4-10(5-8-15)11(14)6-9-16/h10-11,16H,4-9,14H2,1-3H3/t11-/m1/s1. The van der Waals surface area contributed by atoms with E-state index in [-0.39, 0.29) is 18.7 Å². The Labute approximate surface area is 109 Å². The van der Waals surface area contributed by atoms with Crippen LogP contribution in [0.5, 0.6) is 0 Å². The van der Waals surface area contributed by atoms with E-state index in [9.17, 15) is 4.79 Å². The molecule has 0 aromatic carbocycles. The summed E-state index contributed by atoms with van der Waals surface area (Å²) in [7, 11) is 0.